The first kappa shape index (κ1) is 13.8. The number of aryl methyl sites for hydroxylation is 2. The van der Waals surface area contributed by atoms with Gasteiger partial charge in [-0.05, 0) is 32.4 Å². The molecule has 21 heavy (non-hydrogen) atoms. The largest absolute Gasteiger partial charge is 0.338 e. The predicted octanol–water partition coefficient (Wildman–Crippen LogP) is 3.12. The van der Waals surface area contributed by atoms with Crippen molar-refractivity contribution < 1.29 is 4.52 Å². The number of hydrogen-bond acceptors (Lipinski definition) is 6. The monoisotopic (exact) mass is 301 g/mol. The Balaban J connectivity index is 1.88. The third-order valence-electron chi connectivity index (χ3n) is 3.06. The molecule has 108 valence electrons. The molecule has 0 aliphatic heterocycles. The molecular formula is C14H15N5OS. The van der Waals surface area contributed by atoms with E-state index >= 15 is 0 Å². The van der Waals surface area contributed by atoms with Crippen LogP contribution in [0.4, 0.5) is 0 Å². The zero-order valence-electron chi connectivity index (χ0n) is 12.0. The molecule has 1 aromatic carbocycles. The van der Waals surface area contributed by atoms with Crippen molar-refractivity contribution in [1.29, 1.82) is 0 Å². The lowest BCUT2D eigenvalue weighted by molar-refractivity contribution is 0.376. The van der Waals surface area contributed by atoms with E-state index in [0.717, 1.165) is 10.8 Å². The van der Waals surface area contributed by atoms with E-state index < -0.39 is 0 Å². The molecule has 0 radical (unpaired) electrons. The average molecular weight is 301 g/mol. The minimum absolute atomic E-state index is 0.0122. The van der Waals surface area contributed by atoms with Crippen LogP contribution >= 0.6 is 11.8 Å². The van der Waals surface area contributed by atoms with E-state index in [4.69, 9.17) is 4.52 Å². The van der Waals surface area contributed by atoms with Gasteiger partial charge in [-0.15, -0.1) is 10.2 Å². The maximum absolute atomic E-state index is 5.20. The molecule has 3 aromatic rings. The maximum Gasteiger partial charge on any atom is 0.239 e. The fourth-order valence-corrected chi connectivity index (χ4v) is 2.86. The van der Waals surface area contributed by atoms with Gasteiger partial charge in [0, 0.05) is 0 Å². The molecule has 0 bridgehead atoms. The van der Waals surface area contributed by atoms with Crippen molar-refractivity contribution in [3.63, 3.8) is 0 Å². The molecule has 0 spiro atoms. The summed E-state index contributed by atoms with van der Waals surface area (Å²) in [7, 11) is 0. The summed E-state index contributed by atoms with van der Waals surface area (Å²) in [4.78, 5) is 4.26. The molecule has 0 saturated heterocycles. The minimum Gasteiger partial charge on any atom is -0.338 e. The summed E-state index contributed by atoms with van der Waals surface area (Å²) in [5.41, 5.74) is 2.24. The van der Waals surface area contributed by atoms with Crippen LogP contribution in [0.2, 0.25) is 0 Å². The number of nitrogens with zero attached hydrogens (tertiary/aromatic N) is 5. The van der Waals surface area contributed by atoms with Crippen LogP contribution in [0.3, 0.4) is 0 Å². The second kappa shape index (κ2) is 5.69. The van der Waals surface area contributed by atoms with E-state index in [9.17, 15) is 0 Å². The first-order chi connectivity index (χ1) is 10.1. The molecule has 0 fully saturated rings. The predicted molar refractivity (Wildman–Crippen MR) is 79.4 cm³/mol. The highest BCUT2D eigenvalue weighted by atomic mass is 32.2. The topological polar surface area (TPSA) is 69.6 Å². The lowest BCUT2D eigenvalue weighted by atomic mass is 10.2. The summed E-state index contributed by atoms with van der Waals surface area (Å²) in [5, 5.41) is 12.8. The Morgan fingerprint density at radius 1 is 1.24 bits per heavy atom. The van der Waals surface area contributed by atoms with Crippen LogP contribution in [0, 0.1) is 13.8 Å². The fraction of sp³-hybridized carbons (Fsp3) is 0.286. The fourth-order valence-electron chi connectivity index (χ4n) is 1.99. The maximum atomic E-state index is 5.20. The number of rotatable bonds is 4. The highest BCUT2D eigenvalue weighted by Crippen LogP contribution is 2.33. The highest BCUT2D eigenvalue weighted by Gasteiger charge is 2.18. The van der Waals surface area contributed by atoms with Crippen LogP contribution in [-0.4, -0.2) is 24.9 Å². The van der Waals surface area contributed by atoms with Crippen molar-refractivity contribution in [2.24, 2.45) is 0 Å². The van der Waals surface area contributed by atoms with Gasteiger partial charge in [0.15, 0.2) is 11.0 Å². The van der Waals surface area contributed by atoms with Gasteiger partial charge in [-0.1, -0.05) is 35.1 Å². The number of thioether (sulfide) groups is 1. The zero-order chi connectivity index (χ0) is 14.8. The molecule has 0 saturated carbocycles. The van der Waals surface area contributed by atoms with E-state index in [2.05, 4.69) is 33.3 Å². The van der Waals surface area contributed by atoms with E-state index in [0.29, 0.717) is 11.7 Å². The van der Waals surface area contributed by atoms with E-state index in [1.54, 1.807) is 13.3 Å². The molecular weight excluding hydrogens is 286 g/mol. The summed E-state index contributed by atoms with van der Waals surface area (Å²) >= 11 is 1.54. The van der Waals surface area contributed by atoms with Gasteiger partial charge in [0.1, 0.15) is 6.33 Å². The van der Waals surface area contributed by atoms with Crippen LogP contribution in [0.1, 0.15) is 29.5 Å². The van der Waals surface area contributed by atoms with Crippen LogP contribution in [-0.2, 0) is 0 Å². The zero-order valence-corrected chi connectivity index (χ0v) is 12.8. The lowest BCUT2D eigenvalue weighted by Crippen LogP contribution is -1.99. The molecule has 7 heteroatoms. The van der Waals surface area contributed by atoms with Crippen molar-refractivity contribution in [3.05, 3.63) is 47.9 Å². The van der Waals surface area contributed by atoms with Crippen molar-refractivity contribution in [1.82, 2.24) is 24.9 Å². The summed E-state index contributed by atoms with van der Waals surface area (Å²) in [5.74, 6) is 1.23. The number of para-hydroxylation sites is 1. The van der Waals surface area contributed by atoms with Gasteiger partial charge < -0.3 is 4.52 Å². The number of benzene rings is 1. The Morgan fingerprint density at radius 2 is 2.05 bits per heavy atom. The minimum atomic E-state index is 0.0122. The van der Waals surface area contributed by atoms with Crippen molar-refractivity contribution in [2.75, 3.05) is 0 Å². The van der Waals surface area contributed by atoms with Crippen molar-refractivity contribution in [3.8, 4) is 5.69 Å². The molecule has 6 nitrogen and oxygen atoms in total. The van der Waals surface area contributed by atoms with Crippen LogP contribution < -0.4 is 0 Å². The molecule has 0 N–H and O–H groups in total. The molecule has 1 unspecified atom stereocenters. The molecule has 0 aliphatic carbocycles. The van der Waals surface area contributed by atoms with Crippen molar-refractivity contribution in [2.45, 2.75) is 31.2 Å². The Morgan fingerprint density at radius 3 is 2.76 bits per heavy atom. The molecule has 1 atom stereocenters. The number of aromatic nitrogens is 5. The van der Waals surface area contributed by atoms with Crippen LogP contribution in [0.25, 0.3) is 5.69 Å². The van der Waals surface area contributed by atoms with Gasteiger partial charge in [0.2, 0.25) is 5.89 Å². The molecule has 2 heterocycles. The van der Waals surface area contributed by atoms with E-state index in [1.165, 1.54) is 17.3 Å². The van der Waals surface area contributed by atoms with Crippen LogP contribution in [0.5, 0.6) is 0 Å². The average Bonchev–Trinajstić information content (AvgIpc) is 3.08. The summed E-state index contributed by atoms with van der Waals surface area (Å²) < 4.78 is 7.18. The molecule has 0 aliphatic rings. The first-order valence-electron chi connectivity index (χ1n) is 6.58. The Hall–Kier alpha value is -2.15. The van der Waals surface area contributed by atoms with Crippen molar-refractivity contribution >= 4 is 11.8 Å². The Bertz CT molecular complexity index is 751. The summed E-state index contributed by atoms with van der Waals surface area (Å²) in [6.45, 7) is 5.88. The van der Waals surface area contributed by atoms with Gasteiger partial charge in [0.05, 0.1) is 10.9 Å². The third kappa shape index (κ3) is 2.82. The summed E-state index contributed by atoms with van der Waals surface area (Å²) in [6, 6.07) is 8.13. The third-order valence-corrected chi connectivity index (χ3v) is 4.11. The summed E-state index contributed by atoms with van der Waals surface area (Å²) in [6.07, 6.45) is 1.72. The van der Waals surface area contributed by atoms with Gasteiger partial charge >= 0.3 is 0 Å². The molecule has 2 aromatic heterocycles. The van der Waals surface area contributed by atoms with E-state index in [-0.39, 0.29) is 5.25 Å². The first-order valence-corrected chi connectivity index (χ1v) is 7.46. The second-order valence-electron chi connectivity index (χ2n) is 4.71. The normalized spacial score (nSPS) is 12.5. The smallest absolute Gasteiger partial charge is 0.239 e. The van der Waals surface area contributed by atoms with Gasteiger partial charge in [-0.2, -0.15) is 4.98 Å². The molecule has 0 amide bonds. The van der Waals surface area contributed by atoms with Gasteiger partial charge in [0.25, 0.3) is 0 Å². The standard InChI is InChI=1S/C14H15N5OS/c1-9-6-4-5-7-12(9)19-8-15-17-14(19)21-10(2)13-16-11(3)18-20-13/h4-8,10H,1-3H3. The van der Waals surface area contributed by atoms with Gasteiger partial charge in [-0.3, -0.25) is 4.57 Å². The van der Waals surface area contributed by atoms with Crippen LogP contribution in [0.15, 0.2) is 40.3 Å². The Kier molecular flexibility index (Phi) is 3.74. The van der Waals surface area contributed by atoms with E-state index in [1.807, 2.05) is 29.7 Å². The molecule has 3 rings (SSSR count). The second-order valence-corrected chi connectivity index (χ2v) is 6.02. The quantitative estimate of drug-likeness (QED) is 0.690. The lowest BCUT2D eigenvalue weighted by Gasteiger charge is -2.10. The SMILES string of the molecule is Cc1noc(C(C)Sc2nncn2-c2ccccc2C)n1. The van der Waals surface area contributed by atoms with Gasteiger partial charge in [-0.25, -0.2) is 0 Å². The number of hydrogen-bond donors (Lipinski definition) is 0. The highest BCUT2D eigenvalue weighted by molar-refractivity contribution is 7.99. The Labute approximate surface area is 126 Å².